The molecule has 0 radical (unpaired) electrons. The minimum absolute atomic E-state index is 0. The van der Waals surface area contributed by atoms with Crippen molar-refractivity contribution in [3.8, 4) is 0 Å². The summed E-state index contributed by atoms with van der Waals surface area (Å²) in [6.45, 7) is 4.54. The molecule has 0 bridgehead atoms. The summed E-state index contributed by atoms with van der Waals surface area (Å²) in [4.78, 5) is 0. The van der Waals surface area contributed by atoms with Gasteiger partial charge >= 0.3 is 188 Å². The topological polar surface area (TPSA) is 0 Å². The van der Waals surface area contributed by atoms with Gasteiger partial charge in [0.2, 0.25) is 0 Å². The smallest absolute Gasteiger partial charge is 0.147 e. The van der Waals surface area contributed by atoms with Crippen LogP contribution in [0.3, 0.4) is 0 Å². The minimum Gasteiger partial charge on any atom is -0.147 e. The summed E-state index contributed by atoms with van der Waals surface area (Å²) in [6.07, 6.45) is 13.0. The zero-order valence-electron chi connectivity index (χ0n) is 18.4. The molecule has 3 aromatic rings. The number of hydrogen-bond donors (Lipinski definition) is 0. The summed E-state index contributed by atoms with van der Waals surface area (Å²) in [5, 5.41) is 0. The summed E-state index contributed by atoms with van der Waals surface area (Å²) < 4.78 is 3.89. The Morgan fingerprint density at radius 1 is 0.781 bits per heavy atom. The molecule has 0 aliphatic heterocycles. The van der Waals surface area contributed by atoms with Gasteiger partial charge in [-0.05, 0) is 0 Å². The quantitative estimate of drug-likeness (QED) is 0.316. The van der Waals surface area contributed by atoms with Crippen LogP contribution in [0.4, 0.5) is 0 Å². The van der Waals surface area contributed by atoms with Crippen molar-refractivity contribution >= 4 is 34.1 Å². The maximum absolute atomic E-state index is 2.51. The van der Waals surface area contributed by atoms with Crippen molar-refractivity contribution < 1.29 is 21.3 Å². The second-order valence-corrected chi connectivity index (χ2v) is 14.6. The summed E-state index contributed by atoms with van der Waals surface area (Å²) in [5.74, 6) is 0. The Morgan fingerprint density at radius 2 is 1.38 bits per heavy atom. The number of allylic oxidation sites excluding steroid dienone is 5. The van der Waals surface area contributed by atoms with Crippen LogP contribution in [-0.2, 0) is 21.3 Å². The molecule has 2 aliphatic carbocycles. The molecule has 0 fully saturated rings. The van der Waals surface area contributed by atoms with Gasteiger partial charge in [-0.15, -0.1) is 24.8 Å². The van der Waals surface area contributed by atoms with Crippen LogP contribution in [-0.4, -0.2) is 3.21 Å². The first-order valence-electron chi connectivity index (χ1n) is 10.7. The minimum atomic E-state index is -2.35. The second kappa shape index (κ2) is 10.9. The van der Waals surface area contributed by atoms with Crippen LogP contribution in [0.5, 0.6) is 0 Å². The molecule has 0 spiro atoms. The first-order valence-corrected chi connectivity index (χ1v) is 14.6. The molecular formula is C29H28Cl2Zr. The molecule has 0 saturated carbocycles. The molecule has 0 saturated heterocycles. The maximum atomic E-state index is 2.51. The first kappa shape index (κ1) is 24.8. The van der Waals surface area contributed by atoms with Crippen LogP contribution in [0.1, 0.15) is 43.4 Å². The number of rotatable bonds is 4. The van der Waals surface area contributed by atoms with Gasteiger partial charge in [-0.25, -0.2) is 0 Å². The third-order valence-corrected chi connectivity index (χ3v) is 14.4. The predicted octanol–water partition coefficient (Wildman–Crippen LogP) is 7.95. The number of aryl methyl sites for hydroxylation is 2. The van der Waals surface area contributed by atoms with Gasteiger partial charge in [0.25, 0.3) is 0 Å². The fourth-order valence-corrected chi connectivity index (χ4v) is 13.8. The van der Waals surface area contributed by atoms with Crippen LogP contribution >= 0.6 is 24.8 Å². The number of halogens is 2. The molecule has 3 aromatic carbocycles. The Bertz CT molecular complexity index is 1200. The van der Waals surface area contributed by atoms with Gasteiger partial charge in [0, 0.05) is 0 Å². The molecule has 0 N–H and O–H groups in total. The number of benzene rings is 3. The monoisotopic (exact) mass is 536 g/mol. The Balaban J connectivity index is 0.00000144. The first-order chi connectivity index (χ1) is 14.7. The number of fused-ring (bicyclic) bond motifs is 1. The second-order valence-electron chi connectivity index (χ2n) is 8.21. The van der Waals surface area contributed by atoms with Crippen LogP contribution in [0, 0.1) is 13.8 Å². The predicted molar refractivity (Wildman–Crippen MR) is 140 cm³/mol. The van der Waals surface area contributed by atoms with Crippen molar-refractivity contribution in [2.45, 2.75) is 23.9 Å². The van der Waals surface area contributed by atoms with Crippen molar-refractivity contribution in [1.82, 2.24) is 0 Å². The Labute approximate surface area is 211 Å². The van der Waals surface area contributed by atoms with Crippen LogP contribution in [0.15, 0.2) is 100 Å². The maximum Gasteiger partial charge on any atom is -0.147 e. The van der Waals surface area contributed by atoms with E-state index in [-0.39, 0.29) is 24.8 Å². The van der Waals surface area contributed by atoms with E-state index in [4.69, 9.17) is 0 Å². The van der Waals surface area contributed by atoms with Crippen LogP contribution in [0.25, 0.3) is 6.08 Å². The van der Waals surface area contributed by atoms with Crippen molar-refractivity contribution in [2.24, 2.45) is 0 Å². The van der Waals surface area contributed by atoms with Gasteiger partial charge in [0.05, 0.1) is 0 Å². The summed E-state index contributed by atoms with van der Waals surface area (Å²) >= 11 is -2.35. The van der Waals surface area contributed by atoms with Gasteiger partial charge in [-0.2, -0.15) is 0 Å². The zero-order chi connectivity index (χ0) is 20.5. The van der Waals surface area contributed by atoms with Crippen molar-refractivity contribution in [1.29, 1.82) is 0 Å². The van der Waals surface area contributed by atoms with Gasteiger partial charge in [-0.1, -0.05) is 0 Å². The largest absolute Gasteiger partial charge is 0.147 e. The molecular weight excluding hydrogens is 510 g/mol. The van der Waals surface area contributed by atoms with E-state index in [1.54, 1.807) is 6.49 Å². The van der Waals surface area contributed by atoms with E-state index in [9.17, 15) is 0 Å². The van der Waals surface area contributed by atoms with E-state index >= 15 is 0 Å². The molecule has 0 aromatic heterocycles. The summed E-state index contributed by atoms with van der Waals surface area (Å²) in [5.41, 5.74) is 8.60. The average Bonchev–Trinajstić information content (AvgIpc) is 3.44. The molecule has 162 valence electrons. The van der Waals surface area contributed by atoms with E-state index in [1.807, 2.05) is 0 Å². The molecule has 32 heavy (non-hydrogen) atoms. The fraction of sp³-hybridized carbons (Fsp3) is 0.138. The van der Waals surface area contributed by atoms with Crippen molar-refractivity contribution in [3.05, 3.63) is 134 Å². The molecule has 1 unspecified atom stereocenters. The van der Waals surface area contributed by atoms with E-state index in [0.29, 0.717) is 3.63 Å². The van der Waals surface area contributed by atoms with Gasteiger partial charge in [-0.3, -0.25) is 0 Å². The summed E-state index contributed by atoms with van der Waals surface area (Å²) in [6, 6.07) is 27.0. The van der Waals surface area contributed by atoms with Crippen molar-refractivity contribution in [2.75, 3.05) is 0 Å². The normalized spacial score (nSPS) is 15.4. The summed E-state index contributed by atoms with van der Waals surface area (Å²) in [7, 11) is 0. The van der Waals surface area contributed by atoms with Gasteiger partial charge in [0.1, 0.15) is 0 Å². The third-order valence-electron chi connectivity index (χ3n) is 6.33. The average molecular weight is 539 g/mol. The van der Waals surface area contributed by atoms with Crippen molar-refractivity contribution in [3.63, 3.8) is 0 Å². The third kappa shape index (κ3) is 4.62. The van der Waals surface area contributed by atoms with E-state index in [2.05, 4.69) is 117 Å². The molecule has 0 amide bonds. The standard InChI is InChI=1S/C15H14.C9H7.C5H5.2ClH.Zr/c1-12-7-3-5-9-14(12)11-15-10-6-4-8-13(15)2;1-2-5-9-7-3-6-8(9)4-1;1-2-4-5-3-1;;;/h3-10H,1-2H3;1-7H;1-3H,4H2;2*1H;. The van der Waals surface area contributed by atoms with Gasteiger partial charge in [0.15, 0.2) is 0 Å². The zero-order valence-corrected chi connectivity index (χ0v) is 22.5. The Kier molecular flexibility index (Phi) is 8.45. The van der Waals surface area contributed by atoms with E-state index in [1.165, 1.54) is 33.4 Å². The van der Waals surface area contributed by atoms with E-state index in [0.717, 1.165) is 6.42 Å². The van der Waals surface area contributed by atoms with E-state index < -0.39 is 21.3 Å². The van der Waals surface area contributed by atoms with Crippen LogP contribution < -0.4 is 0 Å². The Hall–Kier alpha value is -1.79. The Morgan fingerprint density at radius 3 is 1.97 bits per heavy atom. The molecule has 3 heteroatoms. The number of hydrogen-bond acceptors (Lipinski definition) is 0. The van der Waals surface area contributed by atoms with Crippen LogP contribution in [0.2, 0.25) is 0 Å². The SMILES string of the molecule is Cc1ccccc1[C](c1ccccc1C)=[Zr]([C]1=CC=CC1)[CH]1C=Cc2ccccc21.Cl.Cl. The molecule has 2 aliphatic rings. The fourth-order valence-electron chi connectivity index (χ4n) is 4.81. The molecule has 0 nitrogen and oxygen atoms in total. The molecule has 1 atom stereocenters. The molecule has 5 rings (SSSR count). The molecule has 0 heterocycles. The van der Waals surface area contributed by atoms with Gasteiger partial charge < -0.3 is 0 Å².